The summed E-state index contributed by atoms with van der Waals surface area (Å²) in [5.74, 6) is 11.8. The molecule has 0 unspecified atom stereocenters. The van der Waals surface area contributed by atoms with Gasteiger partial charge in [0, 0.05) is 45.2 Å². The first-order chi connectivity index (χ1) is 7.13. The molecule has 1 aliphatic rings. The van der Waals surface area contributed by atoms with E-state index in [1.165, 1.54) is 13.8 Å². The van der Waals surface area contributed by atoms with Crippen LogP contribution in [-0.4, -0.2) is 5.78 Å². The van der Waals surface area contributed by atoms with Gasteiger partial charge in [-0.3, -0.25) is 4.79 Å². The maximum absolute atomic E-state index is 9.98. The fraction of sp³-hybridized carbons (Fsp3) is 0.462. The molecule has 0 atom stereocenters. The van der Waals surface area contributed by atoms with E-state index >= 15 is 0 Å². The first-order valence-electron chi connectivity index (χ1n) is 4.90. The van der Waals surface area contributed by atoms with Crippen LogP contribution in [0, 0.1) is 23.7 Å². The Balaban J connectivity index is 0. The van der Waals surface area contributed by atoms with Gasteiger partial charge in [0.15, 0.2) is 5.78 Å². The van der Waals surface area contributed by atoms with Gasteiger partial charge in [0.2, 0.25) is 0 Å². The molecule has 0 fully saturated rings. The number of hydrogen-bond acceptors (Lipinski definition) is 2. The molecule has 1 aliphatic carbocycles. The maximum Gasteiger partial charge on any atom is 0.151 e. The summed E-state index contributed by atoms with van der Waals surface area (Å²) >= 11 is 0. The van der Waals surface area contributed by atoms with Crippen molar-refractivity contribution in [2.24, 2.45) is 0 Å². The van der Waals surface area contributed by atoms with Gasteiger partial charge in [-0.1, -0.05) is 6.92 Å². The molecular formula is C13H15O2Rh-. The number of carbonyl (C=O) groups excluding carboxylic acids is 1. The Morgan fingerprint density at radius 3 is 1.44 bits per heavy atom. The quantitative estimate of drug-likeness (QED) is 0.318. The summed E-state index contributed by atoms with van der Waals surface area (Å²) in [7, 11) is 0. The molecule has 0 aliphatic heterocycles. The van der Waals surface area contributed by atoms with Crippen molar-refractivity contribution in [1.82, 2.24) is 0 Å². The fourth-order valence-corrected chi connectivity index (χ4v) is 0.890. The number of carbonyl (C=O) groups is 1. The van der Waals surface area contributed by atoms with Crippen molar-refractivity contribution in [3.8, 4) is 23.7 Å². The SMILES string of the molecule is C1#CCCC#CCC1.CC(=O)C=C(C)[O-].[Rh]. The van der Waals surface area contributed by atoms with Crippen LogP contribution in [0.1, 0.15) is 39.5 Å². The summed E-state index contributed by atoms with van der Waals surface area (Å²) in [5.41, 5.74) is 0. The summed E-state index contributed by atoms with van der Waals surface area (Å²) in [6.07, 6.45) is 4.92. The Labute approximate surface area is 110 Å². The van der Waals surface area contributed by atoms with E-state index in [1.54, 1.807) is 0 Å². The smallest absolute Gasteiger partial charge is 0.151 e. The molecular weight excluding hydrogens is 291 g/mol. The molecule has 0 saturated heterocycles. The third-order valence-electron chi connectivity index (χ3n) is 1.41. The number of hydrogen-bond donors (Lipinski definition) is 0. The largest absolute Gasteiger partial charge is 0.876 e. The van der Waals surface area contributed by atoms with Crippen LogP contribution >= 0.6 is 0 Å². The van der Waals surface area contributed by atoms with Crippen LogP contribution in [0.2, 0.25) is 0 Å². The van der Waals surface area contributed by atoms with Gasteiger partial charge in [-0.25, -0.2) is 0 Å². The average molecular weight is 306 g/mol. The third-order valence-corrected chi connectivity index (χ3v) is 1.41. The minimum absolute atomic E-state index is 0. The van der Waals surface area contributed by atoms with Crippen LogP contribution in [0.3, 0.4) is 0 Å². The van der Waals surface area contributed by atoms with E-state index in [-0.39, 0.29) is 31.0 Å². The second kappa shape index (κ2) is 12.0. The van der Waals surface area contributed by atoms with E-state index in [2.05, 4.69) is 23.7 Å². The second-order valence-electron chi connectivity index (χ2n) is 3.07. The van der Waals surface area contributed by atoms with Crippen molar-refractivity contribution in [3.63, 3.8) is 0 Å². The van der Waals surface area contributed by atoms with Crippen molar-refractivity contribution in [2.75, 3.05) is 0 Å². The van der Waals surface area contributed by atoms with Gasteiger partial charge in [-0.15, -0.1) is 29.4 Å². The van der Waals surface area contributed by atoms with E-state index in [4.69, 9.17) is 0 Å². The van der Waals surface area contributed by atoms with Crippen LogP contribution in [0.5, 0.6) is 0 Å². The van der Waals surface area contributed by atoms with Crippen LogP contribution in [-0.2, 0) is 24.3 Å². The van der Waals surface area contributed by atoms with Gasteiger partial charge in [0.25, 0.3) is 0 Å². The van der Waals surface area contributed by atoms with Crippen molar-refractivity contribution in [2.45, 2.75) is 39.5 Å². The molecule has 2 nitrogen and oxygen atoms in total. The first-order valence-corrected chi connectivity index (χ1v) is 4.90. The molecule has 0 saturated carbocycles. The predicted octanol–water partition coefficient (Wildman–Crippen LogP) is 1.40. The molecule has 0 amide bonds. The maximum atomic E-state index is 9.98. The molecule has 89 valence electrons. The Morgan fingerprint density at radius 1 is 1.00 bits per heavy atom. The first kappa shape index (κ1) is 17.4. The van der Waals surface area contributed by atoms with Crippen LogP contribution in [0.25, 0.3) is 0 Å². The van der Waals surface area contributed by atoms with Crippen molar-refractivity contribution >= 4 is 5.78 Å². The van der Waals surface area contributed by atoms with Crippen LogP contribution < -0.4 is 5.11 Å². The molecule has 0 N–H and O–H groups in total. The zero-order chi connectivity index (χ0) is 11.5. The summed E-state index contributed by atoms with van der Waals surface area (Å²) < 4.78 is 0. The van der Waals surface area contributed by atoms with Crippen LogP contribution in [0.4, 0.5) is 0 Å². The Morgan fingerprint density at radius 2 is 1.31 bits per heavy atom. The van der Waals surface area contributed by atoms with Crippen molar-refractivity contribution < 1.29 is 29.4 Å². The molecule has 1 radical (unpaired) electrons. The Bertz CT molecular complexity index is 306. The normalized spacial score (nSPS) is 13.0. The molecule has 0 spiro atoms. The van der Waals surface area contributed by atoms with E-state index in [0.29, 0.717) is 0 Å². The van der Waals surface area contributed by atoms with Gasteiger partial charge < -0.3 is 5.11 Å². The summed E-state index contributed by atoms with van der Waals surface area (Å²) in [5, 5.41) is 9.98. The Hall–Kier alpha value is -1.05. The van der Waals surface area contributed by atoms with Gasteiger partial charge in [0.1, 0.15) is 0 Å². The second-order valence-corrected chi connectivity index (χ2v) is 3.07. The zero-order valence-electron chi connectivity index (χ0n) is 9.56. The minimum atomic E-state index is -0.187. The summed E-state index contributed by atoms with van der Waals surface area (Å²) in [6.45, 7) is 2.70. The van der Waals surface area contributed by atoms with Crippen molar-refractivity contribution in [3.05, 3.63) is 11.8 Å². The molecule has 3 heteroatoms. The van der Waals surface area contributed by atoms with Gasteiger partial charge >= 0.3 is 0 Å². The third kappa shape index (κ3) is 15.4. The van der Waals surface area contributed by atoms with Crippen molar-refractivity contribution in [1.29, 1.82) is 0 Å². The molecule has 0 aromatic rings. The molecule has 0 bridgehead atoms. The van der Waals surface area contributed by atoms with E-state index in [0.717, 1.165) is 31.8 Å². The zero-order valence-corrected chi connectivity index (χ0v) is 11.2. The predicted molar refractivity (Wildman–Crippen MR) is 58.5 cm³/mol. The number of ketones is 1. The Kier molecular flexibility index (Phi) is 13.0. The molecule has 0 aromatic carbocycles. The summed E-state index contributed by atoms with van der Waals surface area (Å²) in [6, 6.07) is 0. The molecule has 0 aromatic heterocycles. The van der Waals surface area contributed by atoms with E-state index in [1.807, 2.05) is 0 Å². The standard InChI is InChI=1S/C8H8.C5H8O2.Rh/c1-2-4-6-8-7-5-3-1;1-4(6)3-5(2)7;/h1-2,7-8H2;3,6H,1-2H3;/p-1. The van der Waals surface area contributed by atoms with Gasteiger partial charge in [-0.2, -0.15) is 0 Å². The van der Waals surface area contributed by atoms with Gasteiger partial charge in [0.05, 0.1) is 0 Å². The number of rotatable bonds is 1. The number of allylic oxidation sites excluding steroid dienone is 2. The minimum Gasteiger partial charge on any atom is -0.876 e. The molecule has 1 rings (SSSR count). The van der Waals surface area contributed by atoms with E-state index < -0.39 is 0 Å². The summed E-state index contributed by atoms with van der Waals surface area (Å²) in [4.78, 5) is 9.98. The molecule has 16 heavy (non-hydrogen) atoms. The van der Waals surface area contributed by atoms with E-state index in [9.17, 15) is 9.90 Å². The topological polar surface area (TPSA) is 40.1 Å². The average Bonchev–Trinajstić information content (AvgIpc) is 1.99. The fourth-order valence-electron chi connectivity index (χ4n) is 0.890. The monoisotopic (exact) mass is 306 g/mol. The van der Waals surface area contributed by atoms with Crippen LogP contribution in [0.15, 0.2) is 11.8 Å². The molecule has 0 heterocycles. The van der Waals surface area contributed by atoms with Gasteiger partial charge in [-0.05, 0) is 13.0 Å².